The summed E-state index contributed by atoms with van der Waals surface area (Å²) < 4.78 is 0. The standard InChI is InChI=1S/C13H19N3O2/c1-11(17)16(14-9-10-15(2)3)12-7-5-4-6-8-13(12)18/h4-8,14H,9-10H2,1-3H3. The van der Waals surface area contributed by atoms with Crippen molar-refractivity contribution >= 4 is 11.6 Å². The molecule has 0 aliphatic heterocycles. The van der Waals surface area contributed by atoms with Crippen LogP contribution in [0.4, 0.5) is 5.69 Å². The summed E-state index contributed by atoms with van der Waals surface area (Å²) >= 11 is 0. The van der Waals surface area contributed by atoms with Gasteiger partial charge in [-0.25, -0.2) is 10.4 Å². The average Bonchev–Trinajstić information content (AvgIpc) is 2.49. The third kappa shape index (κ3) is 4.27. The van der Waals surface area contributed by atoms with Gasteiger partial charge >= 0.3 is 0 Å². The van der Waals surface area contributed by atoms with Gasteiger partial charge in [0.2, 0.25) is 11.3 Å². The molecule has 0 heterocycles. The molecule has 0 aromatic heterocycles. The van der Waals surface area contributed by atoms with Crippen LogP contribution in [0.3, 0.4) is 0 Å². The van der Waals surface area contributed by atoms with E-state index < -0.39 is 0 Å². The van der Waals surface area contributed by atoms with Crippen LogP contribution in [-0.2, 0) is 4.79 Å². The molecule has 0 aliphatic carbocycles. The number of hydrogen-bond donors (Lipinski definition) is 1. The minimum atomic E-state index is -0.211. The van der Waals surface area contributed by atoms with Gasteiger partial charge < -0.3 is 4.90 Å². The van der Waals surface area contributed by atoms with Gasteiger partial charge in [0.05, 0.1) is 0 Å². The number of likely N-dealkylation sites (N-methyl/N-ethyl adjacent to an activating group) is 1. The Bertz CT molecular complexity index is 460. The first-order valence-corrected chi connectivity index (χ1v) is 5.80. The molecule has 0 atom stereocenters. The summed E-state index contributed by atoms with van der Waals surface area (Å²) in [4.78, 5) is 25.4. The predicted octanol–water partition coefficient (Wildman–Crippen LogP) is 0.466. The van der Waals surface area contributed by atoms with Crippen LogP contribution in [0.25, 0.3) is 0 Å². The predicted molar refractivity (Wildman–Crippen MR) is 72.4 cm³/mol. The van der Waals surface area contributed by atoms with Gasteiger partial charge in [0, 0.05) is 20.0 Å². The molecular formula is C13H19N3O2. The van der Waals surface area contributed by atoms with Gasteiger partial charge in [-0.1, -0.05) is 18.2 Å². The van der Waals surface area contributed by atoms with Crippen molar-refractivity contribution in [2.45, 2.75) is 6.92 Å². The van der Waals surface area contributed by atoms with Crippen molar-refractivity contribution in [1.82, 2.24) is 10.3 Å². The van der Waals surface area contributed by atoms with E-state index in [-0.39, 0.29) is 11.3 Å². The van der Waals surface area contributed by atoms with Crippen molar-refractivity contribution in [3.63, 3.8) is 0 Å². The maximum absolute atomic E-state index is 11.8. The molecule has 1 aromatic rings. The summed E-state index contributed by atoms with van der Waals surface area (Å²) in [6.07, 6.45) is 0. The Morgan fingerprint density at radius 3 is 2.50 bits per heavy atom. The number of anilines is 1. The average molecular weight is 249 g/mol. The van der Waals surface area contributed by atoms with Crippen LogP contribution in [0.15, 0.2) is 35.1 Å². The Hall–Kier alpha value is -1.72. The van der Waals surface area contributed by atoms with Crippen LogP contribution >= 0.6 is 0 Å². The highest BCUT2D eigenvalue weighted by Gasteiger charge is 2.12. The van der Waals surface area contributed by atoms with E-state index in [4.69, 9.17) is 0 Å². The molecule has 18 heavy (non-hydrogen) atoms. The first kappa shape index (κ1) is 14.3. The van der Waals surface area contributed by atoms with E-state index in [0.29, 0.717) is 12.2 Å². The molecular weight excluding hydrogens is 230 g/mol. The van der Waals surface area contributed by atoms with Gasteiger partial charge in [-0.05, 0) is 26.2 Å². The Kier molecular flexibility index (Phi) is 5.48. The second kappa shape index (κ2) is 6.88. The zero-order valence-corrected chi connectivity index (χ0v) is 11.0. The fourth-order valence-corrected chi connectivity index (χ4v) is 1.46. The molecule has 0 fully saturated rings. The van der Waals surface area contributed by atoms with Crippen LogP contribution in [0, 0.1) is 0 Å². The SMILES string of the molecule is CC(=O)N(NCCN(C)C)c1cccccc1=O. The minimum absolute atomic E-state index is 0.187. The number of amides is 1. The molecule has 0 saturated heterocycles. The number of nitrogens with zero attached hydrogens (tertiary/aromatic N) is 2. The lowest BCUT2D eigenvalue weighted by atomic mass is 10.4. The first-order valence-electron chi connectivity index (χ1n) is 5.80. The molecule has 1 N–H and O–H groups in total. The number of rotatable bonds is 5. The van der Waals surface area contributed by atoms with E-state index in [9.17, 15) is 9.59 Å². The fourth-order valence-electron chi connectivity index (χ4n) is 1.46. The Morgan fingerprint density at radius 1 is 1.22 bits per heavy atom. The molecule has 0 aliphatic rings. The largest absolute Gasteiger partial charge is 0.308 e. The zero-order chi connectivity index (χ0) is 13.5. The Morgan fingerprint density at radius 2 is 1.89 bits per heavy atom. The summed E-state index contributed by atoms with van der Waals surface area (Å²) in [5.74, 6) is -0.211. The van der Waals surface area contributed by atoms with Gasteiger partial charge in [0.1, 0.15) is 5.69 Å². The summed E-state index contributed by atoms with van der Waals surface area (Å²) in [6, 6.07) is 8.22. The van der Waals surface area contributed by atoms with Gasteiger partial charge in [0.25, 0.3) is 0 Å². The van der Waals surface area contributed by atoms with Crippen LogP contribution in [0.1, 0.15) is 6.92 Å². The lowest BCUT2D eigenvalue weighted by molar-refractivity contribution is -0.117. The first-order chi connectivity index (χ1) is 8.52. The van der Waals surface area contributed by atoms with Gasteiger partial charge in [-0.3, -0.25) is 9.59 Å². The second-order valence-electron chi connectivity index (χ2n) is 4.23. The molecule has 98 valence electrons. The van der Waals surface area contributed by atoms with E-state index in [1.54, 1.807) is 24.3 Å². The summed E-state index contributed by atoms with van der Waals surface area (Å²) in [7, 11) is 3.89. The molecule has 1 rings (SSSR count). The molecule has 1 amide bonds. The molecule has 5 nitrogen and oxygen atoms in total. The van der Waals surface area contributed by atoms with Crippen molar-refractivity contribution in [3.05, 3.63) is 40.6 Å². The molecule has 0 bridgehead atoms. The monoisotopic (exact) mass is 249 g/mol. The zero-order valence-electron chi connectivity index (χ0n) is 11.0. The Balaban J connectivity index is 2.89. The van der Waals surface area contributed by atoms with Gasteiger partial charge in [-0.15, -0.1) is 0 Å². The van der Waals surface area contributed by atoms with Crippen molar-refractivity contribution in [2.75, 3.05) is 32.2 Å². The van der Waals surface area contributed by atoms with Crippen molar-refractivity contribution in [3.8, 4) is 0 Å². The topological polar surface area (TPSA) is 52.7 Å². The second-order valence-corrected chi connectivity index (χ2v) is 4.23. The quantitative estimate of drug-likeness (QED) is 0.771. The van der Waals surface area contributed by atoms with Gasteiger partial charge in [-0.2, -0.15) is 0 Å². The van der Waals surface area contributed by atoms with Crippen molar-refractivity contribution in [2.24, 2.45) is 0 Å². The highest BCUT2D eigenvalue weighted by molar-refractivity contribution is 5.90. The number of carbonyl (C=O) groups is 1. The molecule has 0 unspecified atom stereocenters. The molecule has 1 aromatic carbocycles. The van der Waals surface area contributed by atoms with Gasteiger partial charge in [0.15, 0.2) is 0 Å². The molecule has 0 saturated carbocycles. The number of carbonyl (C=O) groups excluding carboxylic acids is 1. The number of hydrazine groups is 1. The molecule has 0 spiro atoms. The summed E-state index contributed by atoms with van der Waals surface area (Å²) in [5.41, 5.74) is 3.12. The van der Waals surface area contributed by atoms with E-state index in [2.05, 4.69) is 5.43 Å². The van der Waals surface area contributed by atoms with E-state index in [1.807, 2.05) is 19.0 Å². The van der Waals surface area contributed by atoms with E-state index >= 15 is 0 Å². The molecule has 0 radical (unpaired) electrons. The van der Waals surface area contributed by atoms with Crippen molar-refractivity contribution < 1.29 is 4.79 Å². The maximum Gasteiger partial charge on any atom is 0.238 e. The van der Waals surface area contributed by atoms with Crippen molar-refractivity contribution in [1.29, 1.82) is 0 Å². The smallest absolute Gasteiger partial charge is 0.238 e. The number of nitrogens with one attached hydrogen (secondary N) is 1. The highest BCUT2D eigenvalue weighted by atomic mass is 16.2. The van der Waals surface area contributed by atoms with E-state index in [1.165, 1.54) is 18.0 Å². The summed E-state index contributed by atoms with van der Waals surface area (Å²) in [6.45, 7) is 2.79. The lowest BCUT2D eigenvalue weighted by Crippen LogP contribution is -2.46. The number of hydrogen-bond acceptors (Lipinski definition) is 4. The van der Waals surface area contributed by atoms with Crippen LogP contribution in [0.5, 0.6) is 0 Å². The Labute approximate surface area is 107 Å². The fraction of sp³-hybridized carbons (Fsp3) is 0.385. The highest BCUT2D eigenvalue weighted by Crippen LogP contribution is 2.04. The normalized spacial score (nSPS) is 10.4. The third-order valence-electron chi connectivity index (χ3n) is 2.36. The molecule has 5 heteroatoms. The van der Waals surface area contributed by atoms with Crippen LogP contribution < -0.4 is 15.9 Å². The van der Waals surface area contributed by atoms with Crippen LogP contribution in [0.2, 0.25) is 0 Å². The lowest BCUT2D eigenvalue weighted by Gasteiger charge is -2.21. The minimum Gasteiger partial charge on any atom is -0.308 e. The summed E-state index contributed by atoms with van der Waals surface area (Å²) in [5, 5.41) is 1.30. The van der Waals surface area contributed by atoms with E-state index in [0.717, 1.165) is 6.54 Å². The maximum atomic E-state index is 11.8. The third-order valence-corrected chi connectivity index (χ3v) is 2.36. The van der Waals surface area contributed by atoms with Crippen LogP contribution in [-0.4, -0.2) is 38.0 Å².